The third-order valence-electron chi connectivity index (χ3n) is 6.23. The number of hydrogen-bond donors (Lipinski definition) is 0. The molecule has 7 nitrogen and oxygen atoms in total. The molecule has 0 spiro atoms. The van der Waals surface area contributed by atoms with Gasteiger partial charge in [0, 0.05) is 34.6 Å². The third-order valence-corrected chi connectivity index (χ3v) is 6.23. The average Bonchev–Trinajstić information content (AvgIpc) is 3.52. The number of alkyl halides is 1. The zero-order chi connectivity index (χ0) is 23.8. The lowest BCUT2D eigenvalue weighted by Crippen LogP contribution is -2.40. The molecule has 9 heteroatoms. The summed E-state index contributed by atoms with van der Waals surface area (Å²) in [6.07, 6.45) is 2.49. The van der Waals surface area contributed by atoms with Crippen LogP contribution in [0.25, 0.3) is 22.2 Å². The number of nitrogens with zero attached hydrogens (tertiary/aromatic N) is 5. The molecule has 1 aliphatic rings. The Balaban J connectivity index is 1.34. The lowest BCUT2D eigenvalue weighted by atomic mass is 10.1. The quantitative estimate of drug-likeness (QED) is 0.407. The number of rotatable bonds is 6. The van der Waals surface area contributed by atoms with Gasteiger partial charge in [0.05, 0.1) is 25.3 Å². The molecule has 2 aromatic carbocycles. The van der Waals surface area contributed by atoms with E-state index in [-0.39, 0.29) is 43.1 Å². The van der Waals surface area contributed by atoms with E-state index in [4.69, 9.17) is 0 Å². The van der Waals surface area contributed by atoms with Gasteiger partial charge in [0.2, 0.25) is 5.91 Å². The van der Waals surface area contributed by atoms with Crippen LogP contribution in [-0.4, -0.2) is 54.9 Å². The summed E-state index contributed by atoms with van der Waals surface area (Å²) in [4.78, 5) is 26.8. The second kappa shape index (κ2) is 8.81. The molecule has 0 saturated carbocycles. The fourth-order valence-electron chi connectivity index (χ4n) is 4.59. The number of likely N-dealkylation sites (tertiary alicyclic amines) is 1. The molecule has 1 amide bonds. The van der Waals surface area contributed by atoms with Gasteiger partial charge in [-0.25, -0.2) is 13.5 Å². The maximum absolute atomic E-state index is 14.4. The summed E-state index contributed by atoms with van der Waals surface area (Å²) in [5.41, 5.74) is 2.63. The van der Waals surface area contributed by atoms with Gasteiger partial charge in [-0.3, -0.25) is 9.59 Å². The Morgan fingerprint density at radius 2 is 1.85 bits per heavy atom. The highest BCUT2D eigenvalue weighted by molar-refractivity contribution is 6.07. The van der Waals surface area contributed by atoms with Crippen molar-refractivity contribution in [2.45, 2.75) is 38.6 Å². The number of carbonyl (C=O) groups is 2. The number of aromatic nitrogens is 4. The molecule has 0 unspecified atom stereocenters. The summed E-state index contributed by atoms with van der Waals surface area (Å²) in [6.45, 7) is 1.82. The predicted molar refractivity (Wildman–Crippen MR) is 122 cm³/mol. The van der Waals surface area contributed by atoms with Crippen molar-refractivity contribution < 1.29 is 18.4 Å². The predicted octanol–water partition coefficient (Wildman–Crippen LogP) is 3.88. The first-order chi connectivity index (χ1) is 16.4. The Morgan fingerprint density at radius 3 is 2.62 bits per heavy atom. The minimum absolute atomic E-state index is 0.00913. The SMILES string of the molecule is CC(=O)c1cn(CC(=O)N2C[C@H](F)C[C@H]2Cn2cc(-c3ccc(F)cc3)nn2)c2ccccc12. The van der Waals surface area contributed by atoms with E-state index in [1.54, 1.807) is 38.7 Å². The summed E-state index contributed by atoms with van der Waals surface area (Å²) in [7, 11) is 0. The van der Waals surface area contributed by atoms with Gasteiger partial charge in [0.25, 0.3) is 0 Å². The van der Waals surface area contributed by atoms with Crippen LogP contribution in [0.2, 0.25) is 0 Å². The van der Waals surface area contributed by atoms with Gasteiger partial charge in [-0.1, -0.05) is 23.4 Å². The molecule has 5 rings (SSSR count). The molecule has 1 fully saturated rings. The standard InChI is InChI=1S/C25H23F2N5O2/c1-16(33)22-13-30(24-5-3-2-4-21(22)24)15-25(34)32-11-19(27)10-20(32)12-31-14-23(28-29-31)17-6-8-18(26)9-7-17/h2-9,13-14,19-20H,10-12,15H2,1H3/t19-,20+/m1/s1. The number of halogens is 2. The molecular weight excluding hydrogens is 440 g/mol. The zero-order valence-electron chi connectivity index (χ0n) is 18.6. The summed E-state index contributed by atoms with van der Waals surface area (Å²) in [5.74, 6) is -0.635. The normalized spacial score (nSPS) is 18.0. The van der Waals surface area contributed by atoms with Crippen LogP contribution < -0.4 is 0 Å². The first-order valence-corrected chi connectivity index (χ1v) is 11.1. The second-order valence-corrected chi connectivity index (χ2v) is 8.61. The van der Waals surface area contributed by atoms with Gasteiger partial charge in [-0.05, 0) is 37.3 Å². The highest BCUT2D eigenvalue weighted by Crippen LogP contribution is 2.26. The number of hydrogen-bond acceptors (Lipinski definition) is 4. The molecular formula is C25H23F2N5O2. The Bertz CT molecular complexity index is 1360. The van der Waals surface area contributed by atoms with Crippen LogP contribution in [0.1, 0.15) is 23.7 Å². The number of Topliss-reactive ketones (excluding diaryl/α,β-unsaturated/α-hetero) is 1. The summed E-state index contributed by atoms with van der Waals surface area (Å²) >= 11 is 0. The molecule has 0 aliphatic carbocycles. The van der Waals surface area contributed by atoms with E-state index in [1.165, 1.54) is 19.1 Å². The Morgan fingerprint density at radius 1 is 1.09 bits per heavy atom. The zero-order valence-corrected chi connectivity index (χ0v) is 18.6. The van der Waals surface area contributed by atoms with E-state index in [9.17, 15) is 18.4 Å². The topological polar surface area (TPSA) is 73.0 Å². The van der Waals surface area contributed by atoms with Gasteiger partial charge < -0.3 is 9.47 Å². The molecule has 3 heterocycles. The molecule has 2 atom stereocenters. The highest BCUT2D eigenvalue weighted by atomic mass is 19.1. The minimum Gasteiger partial charge on any atom is -0.337 e. The molecule has 0 N–H and O–H groups in total. The van der Waals surface area contributed by atoms with Crippen LogP contribution in [0, 0.1) is 5.82 Å². The summed E-state index contributed by atoms with van der Waals surface area (Å²) in [5, 5.41) is 9.03. The first-order valence-electron chi connectivity index (χ1n) is 11.1. The molecule has 4 aromatic rings. The van der Waals surface area contributed by atoms with Crippen LogP contribution >= 0.6 is 0 Å². The maximum atomic E-state index is 14.4. The van der Waals surface area contributed by atoms with Gasteiger partial charge in [0.15, 0.2) is 5.78 Å². The smallest absolute Gasteiger partial charge is 0.242 e. The third kappa shape index (κ3) is 4.21. The fourth-order valence-corrected chi connectivity index (χ4v) is 4.59. The highest BCUT2D eigenvalue weighted by Gasteiger charge is 2.36. The van der Waals surface area contributed by atoms with Crippen LogP contribution in [0.4, 0.5) is 8.78 Å². The van der Waals surface area contributed by atoms with Crippen LogP contribution in [-0.2, 0) is 17.9 Å². The van der Waals surface area contributed by atoms with Crippen molar-refractivity contribution in [3.05, 3.63) is 72.3 Å². The lowest BCUT2D eigenvalue weighted by Gasteiger charge is -2.24. The number of ketones is 1. The lowest BCUT2D eigenvalue weighted by molar-refractivity contribution is -0.133. The van der Waals surface area contributed by atoms with E-state index in [2.05, 4.69) is 10.3 Å². The van der Waals surface area contributed by atoms with Crippen molar-refractivity contribution in [2.75, 3.05) is 6.54 Å². The van der Waals surface area contributed by atoms with Crippen molar-refractivity contribution in [3.8, 4) is 11.3 Å². The van der Waals surface area contributed by atoms with Gasteiger partial charge in [-0.2, -0.15) is 0 Å². The Labute approximate surface area is 194 Å². The molecule has 1 aliphatic heterocycles. The van der Waals surface area contributed by atoms with Gasteiger partial charge >= 0.3 is 0 Å². The molecule has 34 heavy (non-hydrogen) atoms. The van der Waals surface area contributed by atoms with Gasteiger partial charge in [-0.15, -0.1) is 5.10 Å². The first kappa shape index (κ1) is 21.9. The molecule has 2 aromatic heterocycles. The van der Waals surface area contributed by atoms with Crippen molar-refractivity contribution in [3.63, 3.8) is 0 Å². The van der Waals surface area contributed by atoms with E-state index < -0.39 is 6.17 Å². The van der Waals surface area contributed by atoms with E-state index in [0.29, 0.717) is 17.8 Å². The number of para-hydroxylation sites is 1. The monoisotopic (exact) mass is 463 g/mol. The van der Waals surface area contributed by atoms with Gasteiger partial charge in [0.1, 0.15) is 24.2 Å². The van der Waals surface area contributed by atoms with Crippen molar-refractivity contribution in [1.29, 1.82) is 0 Å². The van der Waals surface area contributed by atoms with E-state index >= 15 is 0 Å². The molecule has 174 valence electrons. The summed E-state index contributed by atoms with van der Waals surface area (Å²) < 4.78 is 30.9. The number of benzene rings is 2. The number of carbonyl (C=O) groups excluding carboxylic acids is 2. The largest absolute Gasteiger partial charge is 0.337 e. The molecule has 0 bridgehead atoms. The van der Waals surface area contributed by atoms with E-state index in [1.807, 2.05) is 24.3 Å². The van der Waals surface area contributed by atoms with Crippen molar-refractivity contribution in [1.82, 2.24) is 24.5 Å². The fraction of sp³-hybridized carbons (Fsp3) is 0.280. The average molecular weight is 463 g/mol. The van der Waals surface area contributed by atoms with Crippen molar-refractivity contribution in [2.24, 2.45) is 0 Å². The Hall–Kier alpha value is -3.88. The minimum atomic E-state index is -1.12. The number of amides is 1. The second-order valence-electron chi connectivity index (χ2n) is 8.61. The van der Waals surface area contributed by atoms with E-state index in [0.717, 1.165) is 16.5 Å². The van der Waals surface area contributed by atoms with Crippen LogP contribution in [0.3, 0.4) is 0 Å². The van der Waals surface area contributed by atoms with Crippen molar-refractivity contribution >= 4 is 22.6 Å². The maximum Gasteiger partial charge on any atom is 0.242 e. The van der Waals surface area contributed by atoms with Crippen LogP contribution in [0.15, 0.2) is 60.9 Å². The Kier molecular flexibility index (Phi) is 5.69. The van der Waals surface area contributed by atoms with Crippen LogP contribution in [0.5, 0.6) is 0 Å². The molecule has 0 radical (unpaired) electrons. The number of fused-ring (bicyclic) bond motifs is 1. The molecule has 1 saturated heterocycles. The summed E-state index contributed by atoms with van der Waals surface area (Å²) in [6, 6.07) is 13.0.